The number of morpholine rings is 1. The Morgan fingerprint density at radius 1 is 1.33 bits per heavy atom. The van der Waals surface area contributed by atoms with Gasteiger partial charge in [-0.05, 0) is 33.6 Å². The van der Waals surface area contributed by atoms with E-state index in [0.29, 0.717) is 26.2 Å². The van der Waals surface area contributed by atoms with Crippen molar-refractivity contribution in [3.05, 3.63) is 0 Å². The SMILES string of the molecule is CC(C)(C)OC(=O)N1CCOC(C2(CN)CCCCC2)C1. The van der Waals surface area contributed by atoms with Crippen molar-refractivity contribution in [3.63, 3.8) is 0 Å². The number of amides is 1. The van der Waals surface area contributed by atoms with Gasteiger partial charge in [0.2, 0.25) is 0 Å². The lowest BCUT2D eigenvalue weighted by Gasteiger charge is -2.46. The minimum absolute atomic E-state index is 0.0406. The van der Waals surface area contributed by atoms with Gasteiger partial charge in [-0.2, -0.15) is 0 Å². The van der Waals surface area contributed by atoms with Crippen molar-refractivity contribution in [1.82, 2.24) is 4.90 Å². The van der Waals surface area contributed by atoms with Crippen LogP contribution < -0.4 is 5.73 Å². The molecule has 1 atom stereocenters. The number of hydrogen-bond donors (Lipinski definition) is 1. The van der Waals surface area contributed by atoms with E-state index in [1.165, 1.54) is 19.3 Å². The molecule has 0 aromatic carbocycles. The molecule has 2 N–H and O–H groups in total. The number of hydrogen-bond acceptors (Lipinski definition) is 4. The molecule has 2 rings (SSSR count). The number of nitrogens with zero attached hydrogens (tertiary/aromatic N) is 1. The van der Waals surface area contributed by atoms with E-state index in [9.17, 15) is 4.79 Å². The average molecular weight is 298 g/mol. The van der Waals surface area contributed by atoms with Crippen LogP contribution >= 0.6 is 0 Å². The second-order valence-electron chi connectivity index (χ2n) is 7.41. The Kier molecular flexibility index (Phi) is 5.15. The molecule has 5 nitrogen and oxygen atoms in total. The topological polar surface area (TPSA) is 64.8 Å². The molecule has 1 aliphatic carbocycles. The van der Waals surface area contributed by atoms with Gasteiger partial charge >= 0.3 is 6.09 Å². The van der Waals surface area contributed by atoms with E-state index >= 15 is 0 Å². The monoisotopic (exact) mass is 298 g/mol. The lowest BCUT2D eigenvalue weighted by Crippen LogP contribution is -2.56. The van der Waals surface area contributed by atoms with Crippen LogP contribution in [0.4, 0.5) is 4.79 Å². The van der Waals surface area contributed by atoms with Gasteiger partial charge in [0.25, 0.3) is 0 Å². The van der Waals surface area contributed by atoms with E-state index < -0.39 is 5.60 Å². The Bertz CT molecular complexity index is 359. The number of rotatable bonds is 2. The summed E-state index contributed by atoms with van der Waals surface area (Å²) >= 11 is 0. The molecule has 1 amide bonds. The molecule has 1 saturated carbocycles. The predicted octanol–water partition coefficient (Wildman–Crippen LogP) is 2.53. The van der Waals surface area contributed by atoms with Crippen LogP contribution in [0.3, 0.4) is 0 Å². The summed E-state index contributed by atoms with van der Waals surface area (Å²) < 4.78 is 11.5. The van der Waals surface area contributed by atoms with Gasteiger partial charge in [-0.15, -0.1) is 0 Å². The van der Waals surface area contributed by atoms with E-state index in [1.54, 1.807) is 4.90 Å². The maximum Gasteiger partial charge on any atom is 0.410 e. The van der Waals surface area contributed by atoms with Gasteiger partial charge in [-0.1, -0.05) is 19.3 Å². The predicted molar refractivity (Wildman–Crippen MR) is 82.1 cm³/mol. The van der Waals surface area contributed by atoms with Gasteiger partial charge in [0.05, 0.1) is 19.3 Å². The standard InChI is InChI=1S/C16H30N2O3/c1-15(2,3)21-14(19)18-9-10-20-13(11-18)16(12-17)7-5-4-6-8-16/h13H,4-12,17H2,1-3H3. The molecule has 0 aromatic heterocycles. The van der Waals surface area contributed by atoms with E-state index in [1.807, 2.05) is 20.8 Å². The molecule has 0 bridgehead atoms. The van der Waals surface area contributed by atoms with E-state index in [0.717, 1.165) is 12.8 Å². The highest BCUT2D eigenvalue weighted by molar-refractivity contribution is 5.68. The third-order valence-corrected chi connectivity index (χ3v) is 4.66. The summed E-state index contributed by atoms with van der Waals surface area (Å²) in [4.78, 5) is 14.0. The highest BCUT2D eigenvalue weighted by Crippen LogP contribution is 2.40. The van der Waals surface area contributed by atoms with Crippen molar-refractivity contribution < 1.29 is 14.3 Å². The van der Waals surface area contributed by atoms with Crippen LogP contribution in [0.1, 0.15) is 52.9 Å². The quantitative estimate of drug-likeness (QED) is 0.851. The molecule has 0 aromatic rings. The molecule has 2 aliphatic rings. The smallest absolute Gasteiger partial charge is 0.410 e. The van der Waals surface area contributed by atoms with Crippen LogP contribution in [0.5, 0.6) is 0 Å². The van der Waals surface area contributed by atoms with Crippen LogP contribution in [0.25, 0.3) is 0 Å². The van der Waals surface area contributed by atoms with Gasteiger partial charge in [-0.3, -0.25) is 0 Å². The van der Waals surface area contributed by atoms with Crippen LogP contribution in [0, 0.1) is 5.41 Å². The molecule has 0 spiro atoms. The van der Waals surface area contributed by atoms with Crippen molar-refractivity contribution in [2.45, 2.75) is 64.6 Å². The zero-order valence-corrected chi connectivity index (χ0v) is 13.7. The summed E-state index contributed by atoms with van der Waals surface area (Å²) in [6.07, 6.45) is 5.73. The summed E-state index contributed by atoms with van der Waals surface area (Å²) in [5.74, 6) is 0. The third-order valence-electron chi connectivity index (χ3n) is 4.66. The second kappa shape index (κ2) is 6.53. The van der Waals surface area contributed by atoms with Crippen LogP contribution in [-0.4, -0.2) is 48.9 Å². The van der Waals surface area contributed by atoms with Gasteiger partial charge in [0, 0.05) is 18.5 Å². The fourth-order valence-corrected chi connectivity index (χ4v) is 3.43. The second-order valence-corrected chi connectivity index (χ2v) is 7.41. The van der Waals surface area contributed by atoms with Crippen molar-refractivity contribution >= 4 is 6.09 Å². The van der Waals surface area contributed by atoms with E-state index in [-0.39, 0.29) is 17.6 Å². The first-order chi connectivity index (χ1) is 9.86. The highest BCUT2D eigenvalue weighted by atomic mass is 16.6. The van der Waals surface area contributed by atoms with Gasteiger partial charge in [0.1, 0.15) is 5.60 Å². The van der Waals surface area contributed by atoms with Crippen molar-refractivity contribution in [2.24, 2.45) is 11.1 Å². The average Bonchev–Trinajstić information content (AvgIpc) is 2.46. The summed E-state index contributed by atoms with van der Waals surface area (Å²) in [6.45, 7) is 8.10. The number of nitrogens with two attached hydrogens (primary N) is 1. The van der Waals surface area contributed by atoms with Crippen LogP contribution in [0.2, 0.25) is 0 Å². The molecule has 21 heavy (non-hydrogen) atoms. The fourth-order valence-electron chi connectivity index (χ4n) is 3.43. The Morgan fingerprint density at radius 3 is 2.57 bits per heavy atom. The summed E-state index contributed by atoms with van der Waals surface area (Å²) in [5, 5.41) is 0. The van der Waals surface area contributed by atoms with Crippen molar-refractivity contribution in [2.75, 3.05) is 26.2 Å². The minimum atomic E-state index is -0.457. The Morgan fingerprint density at radius 2 is 2.00 bits per heavy atom. The highest BCUT2D eigenvalue weighted by Gasteiger charge is 2.43. The number of carbonyl (C=O) groups excluding carboxylic acids is 1. The summed E-state index contributed by atoms with van der Waals surface area (Å²) in [6, 6.07) is 0. The maximum absolute atomic E-state index is 12.3. The van der Waals surface area contributed by atoms with E-state index in [2.05, 4.69) is 0 Å². The van der Waals surface area contributed by atoms with Gasteiger partial charge in [-0.25, -0.2) is 4.79 Å². The number of ether oxygens (including phenoxy) is 2. The molecule has 122 valence electrons. The van der Waals surface area contributed by atoms with Gasteiger partial charge in [0.15, 0.2) is 0 Å². The first kappa shape index (κ1) is 16.6. The molecule has 2 fully saturated rings. The normalized spacial score (nSPS) is 26.5. The van der Waals surface area contributed by atoms with Crippen LogP contribution in [-0.2, 0) is 9.47 Å². The van der Waals surface area contributed by atoms with E-state index in [4.69, 9.17) is 15.2 Å². The first-order valence-electron chi connectivity index (χ1n) is 8.16. The molecule has 0 radical (unpaired) electrons. The summed E-state index contributed by atoms with van der Waals surface area (Å²) in [5.41, 5.74) is 5.66. The Hall–Kier alpha value is -0.810. The molecule has 5 heteroatoms. The zero-order chi connectivity index (χ0) is 15.5. The molecule has 1 aliphatic heterocycles. The minimum Gasteiger partial charge on any atom is -0.444 e. The van der Waals surface area contributed by atoms with Gasteiger partial charge < -0.3 is 20.1 Å². The zero-order valence-electron chi connectivity index (χ0n) is 13.7. The molecule has 1 saturated heterocycles. The molecule has 1 unspecified atom stereocenters. The largest absolute Gasteiger partial charge is 0.444 e. The van der Waals surface area contributed by atoms with Crippen LogP contribution in [0.15, 0.2) is 0 Å². The van der Waals surface area contributed by atoms with Crippen molar-refractivity contribution in [3.8, 4) is 0 Å². The Balaban J connectivity index is 2.01. The lowest BCUT2D eigenvalue weighted by molar-refractivity contribution is -0.105. The number of carbonyl (C=O) groups is 1. The Labute approximate surface area is 128 Å². The summed E-state index contributed by atoms with van der Waals surface area (Å²) in [7, 11) is 0. The lowest BCUT2D eigenvalue weighted by atomic mass is 9.69. The fraction of sp³-hybridized carbons (Fsp3) is 0.938. The maximum atomic E-state index is 12.3. The molecular formula is C16H30N2O3. The molecular weight excluding hydrogens is 268 g/mol. The van der Waals surface area contributed by atoms with Crippen molar-refractivity contribution in [1.29, 1.82) is 0 Å². The first-order valence-corrected chi connectivity index (χ1v) is 8.16. The third kappa shape index (κ3) is 4.10. The molecule has 1 heterocycles.